The lowest BCUT2D eigenvalue weighted by atomic mass is 10.2. The Morgan fingerprint density at radius 3 is 2.06 bits per heavy atom. The lowest BCUT2D eigenvalue weighted by Gasteiger charge is -1.94. The molecule has 2 rings (SSSR count). The summed E-state index contributed by atoms with van der Waals surface area (Å²) in [5.41, 5.74) is -0.674. The minimum atomic E-state index is -1.29. The first-order valence-electron chi connectivity index (χ1n) is 4.94. The first-order valence-corrected chi connectivity index (χ1v) is 4.94. The third kappa shape index (κ3) is 4.01. The molecule has 1 N–H and O–H groups in total. The van der Waals surface area contributed by atoms with Crippen molar-refractivity contribution in [2.24, 2.45) is 0 Å². The molecule has 6 heteroatoms. The number of rotatable bonds is 2. The summed E-state index contributed by atoms with van der Waals surface area (Å²) in [5.74, 6) is -1.29. The second-order valence-electron chi connectivity index (χ2n) is 3.10. The van der Waals surface area contributed by atoms with Crippen molar-refractivity contribution in [2.45, 2.75) is 0 Å². The van der Waals surface area contributed by atoms with Crippen LogP contribution in [0.3, 0.4) is 0 Å². The monoisotopic (exact) mass is 246 g/mol. The number of carboxylic acids is 1. The minimum absolute atomic E-state index is 0.289. The molecule has 0 aliphatic carbocycles. The Kier molecular flexibility index (Phi) is 4.98. The third-order valence-corrected chi connectivity index (χ3v) is 1.90. The van der Waals surface area contributed by atoms with E-state index in [1.54, 1.807) is 12.4 Å². The van der Waals surface area contributed by atoms with Crippen LogP contribution in [0.1, 0.15) is 10.4 Å². The number of carboxylic acid groups (broad SMARTS) is 1. The van der Waals surface area contributed by atoms with E-state index in [0.717, 1.165) is 6.07 Å². The number of aromatic nitrogens is 1. The van der Waals surface area contributed by atoms with Crippen molar-refractivity contribution in [3.8, 4) is 0 Å². The molecule has 0 fully saturated rings. The summed E-state index contributed by atoms with van der Waals surface area (Å²) in [6.45, 7) is 0. The van der Waals surface area contributed by atoms with Gasteiger partial charge in [-0.3, -0.25) is 15.1 Å². The number of aromatic carboxylic acids is 1. The fourth-order valence-electron chi connectivity index (χ4n) is 1.13. The maximum absolute atomic E-state index is 10.4. The summed E-state index contributed by atoms with van der Waals surface area (Å²) in [6, 6.07) is 10.9. The van der Waals surface area contributed by atoms with Gasteiger partial charge in [0.15, 0.2) is 0 Å². The zero-order chi connectivity index (χ0) is 13.4. The van der Waals surface area contributed by atoms with E-state index in [1.165, 1.54) is 18.2 Å². The van der Waals surface area contributed by atoms with E-state index in [4.69, 9.17) is 5.11 Å². The van der Waals surface area contributed by atoms with E-state index < -0.39 is 10.9 Å². The first kappa shape index (κ1) is 13.3. The molecule has 0 aliphatic heterocycles. The van der Waals surface area contributed by atoms with Crippen LogP contribution in [-0.2, 0) is 0 Å². The van der Waals surface area contributed by atoms with Gasteiger partial charge in [0.05, 0.1) is 4.92 Å². The van der Waals surface area contributed by atoms with Gasteiger partial charge in [-0.25, -0.2) is 4.79 Å². The van der Waals surface area contributed by atoms with E-state index in [9.17, 15) is 14.9 Å². The van der Waals surface area contributed by atoms with Gasteiger partial charge in [-0.1, -0.05) is 18.2 Å². The molecule has 0 spiro atoms. The van der Waals surface area contributed by atoms with Crippen LogP contribution in [0, 0.1) is 10.1 Å². The van der Waals surface area contributed by atoms with E-state index in [2.05, 4.69) is 4.98 Å². The van der Waals surface area contributed by atoms with Gasteiger partial charge in [-0.2, -0.15) is 0 Å². The molecule has 2 aromatic rings. The second kappa shape index (κ2) is 6.74. The van der Waals surface area contributed by atoms with E-state index >= 15 is 0 Å². The fraction of sp³-hybridized carbons (Fsp3) is 0. The SMILES string of the molecule is O=C(O)c1ccccc1[N+](=O)[O-].c1ccncc1. The molecule has 0 unspecified atom stereocenters. The van der Waals surface area contributed by atoms with Gasteiger partial charge in [0, 0.05) is 18.5 Å². The minimum Gasteiger partial charge on any atom is -0.477 e. The average molecular weight is 246 g/mol. The van der Waals surface area contributed by atoms with Gasteiger partial charge >= 0.3 is 5.97 Å². The van der Waals surface area contributed by atoms with Crippen molar-refractivity contribution in [1.29, 1.82) is 0 Å². The van der Waals surface area contributed by atoms with Crippen molar-refractivity contribution in [2.75, 3.05) is 0 Å². The van der Waals surface area contributed by atoms with Crippen LogP contribution >= 0.6 is 0 Å². The molecule has 18 heavy (non-hydrogen) atoms. The number of nitro benzene ring substituents is 1. The number of para-hydroxylation sites is 1. The Bertz CT molecular complexity index is 469. The topological polar surface area (TPSA) is 93.3 Å². The number of nitrogens with zero attached hydrogens (tertiary/aromatic N) is 2. The predicted molar refractivity (Wildman–Crippen MR) is 64.3 cm³/mol. The molecule has 0 aliphatic rings. The van der Waals surface area contributed by atoms with Gasteiger partial charge in [0.25, 0.3) is 5.69 Å². The number of hydrogen-bond donors (Lipinski definition) is 1. The zero-order valence-corrected chi connectivity index (χ0v) is 9.26. The van der Waals surface area contributed by atoms with Crippen LogP contribution in [-0.4, -0.2) is 21.0 Å². The molecule has 0 saturated carbocycles. The largest absolute Gasteiger partial charge is 0.477 e. The van der Waals surface area contributed by atoms with Crippen molar-refractivity contribution in [3.63, 3.8) is 0 Å². The average Bonchev–Trinajstić information content (AvgIpc) is 2.41. The molecule has 1 aromatic heterocycles. The lowest BCUT2D eigenvalue weighted by molar-refractivity contribution is -0.385. The van der Waals surface area contributed by atoms with E-state index in [1.807, 2.05) is 18.2 Å². The summed E-state index contributed by atoms with van der Waals surface area (Å²) >= 11 is 0. The smallest absolute Gasteiger partial charge is 0.342 e. The molecule has 0 atom stereocenters. The quantitative estimate of drug-likeness (QED) is 0.648. The normalized spacial score (nSPS) is 8.89. The lowest BCUT2D eigenvalue weighted by Crippen LogP contribution is -2.01. The first-order chi connectivity index (χ1) is 8.63. The molecule has 0 bridgehead atoms. The Morgan fingerprint density at radius 1 is 1.11 bits per heavy atom. The Morgan fingerprint density at radius 2 is 1.72 bits per heavy atom. The molecule has 1 aromatic carbocycles. The van der Waals surface area contributed by atoms with E-state index in [0.29, 0.717) is 0 Å². The Labute approximate surface area is 103 Å². The molecule has 0 saturated heterocycles. The Balaban J connectivity index is 0.000000225. The molecule has 6 nitrogen and oxygen atoms in total. The van der Waals surface area contributed by atoms with Gasteiger partial charge in [0.1, 0.15) is 5.56 Å². The highest BCUT2D eigenvalue weighted by molar-refractivity contribution is 5.92. The van der Waals surface area contributed by atoms with E-state index in [-0.39, 0.29) is 11.3 Å². The Hall–Kier alpha value is -2.76. The van der Waals surface area contributed by atoms with Gasteiger partial charge < -0.3 is 5.11 Å². The second-order valence-corrected chi connectivity index (χ2v) is 3.10. The molecular weight excluding hydrogens is 236 g/mol. The standard InChI is InChI=1S/C7H5NO4.C5H5N/c9-7(10)5-3-1-2-4-6(5)8(11)12;1-2-4-6-5-3-1/h1-4H,(H,9,10);1-5H. The summed E-state index contributed by atoms with van der Waals surface area (Å²) < 4.78 is 0. The summed E-state index contributed by atoms with van der Waals surface area (Å²) in [4.78, 5) is 23.8. The van der Waals surface area contributed by atoms with Crippen LogP contribution in [0.25, 0.3) is 0 Å². The van der Waals surface area contributed by atoms with Crippen molar-refractivity contribution in [3.05, 3.63) is 70.5 Å². The molecule has 92 valence electrons. The van der Waals surface area contributed by atoms with Crippen LogP contribution in [0.15, 0.2) is 54.9 Å². The molecule has 1 heterocycles. The number of carbonyl (C=O) groups is 1. The molecule has 0 amide bonds. The van der Waals surface area contributed by atoms with Gasteiger partial charge in [-0.15, -0.1) is 0 Å². The molecular formula is C12H10N2O4. The predicted octanol–water partition coefficient (Wildman–Crippen LogP) is 2.37. The van der Waals surface area contributed by atoms with Crippen LogP contribution in [0.2, 0.25) is 0 Å². The summed E-state index contributed by atoms with van der Waals surface area (Å²) in [6.07, 6.45) is 3.50. The molecule has 0 radical (unpaired) electrons. The highest BCUT2D eigenvalue weighted by Gasteiger charge is 2.17. The summed E-state index contributed by atoms with van der Waals surface area (Å²) in [5, 5.41) is 18.8. The van der Waals surface area contributed by atoms with Gasteiger partial charge in [-0.05, 0) is 18.2 Å². The maximum Gasteiger partial charge on any atom is 0.342 e. The third-order valence-electron chi connectivity index (χ3n) is 1.90. The highest BCUT2D eigenvalue weighted by atomic mass is 16.6. The number of nitro groups is 1. The van der Waals surface area contributed by atoms with Crippen LogP contribution in [0.5, 0.6) is 0 Å². The number of hydrogen-bond acceptors (Lipinski definition) is 4. The maximum atomic E-state index is 10.4. The van der Waals surface area contributed by atoms with Crippen molar-refractivity contribution < 1.29 is 14.8 Å². The fourth-order valence-corrected chi connectivity index (χ4v) is 1.13. The summed E-state index contributed by atoms with van der Waals surface area (Å²) in [7, 11) is 0. The number of benzene rings is 1. The van der Waals surface area contributed by atoms with Crippen molar-refractivity contribution in [1.82, 2.24) is 4.98 Å². The van der Waals surface area contributed by atoms with Gasteiger partial charge in [0.2, 0.25) is 0 Å². The van der Waals surface area contributed by atoms with Crippen molar-refractivity contribution >= 4 is 11.7 Å². The number of pyridine rings is 1. The van der Waals surface area contributed by atoms with Crippen LogP contribution < -0.4 is 0 Å². The highest BCUT2D eigenvalue weighted by Crippen LogP contribution is 2.16. The zero-order valence-electron chi connectivity index (χ0n) is 9.26. The van der Waals surface area contributed by atoms with Crippen LogP contribution in [0.4, 0.5) is 5.69 Å².